The van der Waals surface area contributed by atoms with Crippen molar-refractivity contribution in [3.05, 3.63) is 21.6 Å². The number of carbonyl (C=O) groups is 1. The summed E-state index contributed by atoms with van der Waals surface area (Å²) in [5, 5.41) is 12.4. The van der Waals surface area contributed by atoms with Crippen LogP contribution in [0.2, 0.25) is 0 Å². The van der Waals surface area contributed by atoms with Gasteiger partial charge in [-0.15, -0.1) is 0 Å². The van der Waals surface area contributed by atoms with Gasteiger partial charge in [0.2, 0.25) is 11.5 Å². The van der Waals surface area contributed by atoms with Crippen LogP contribution in [0.4, 0.5) is 5.69 Å². The molecule has 0 amide bonds. The first-order valence-electron chi connectivity index (χ1n) is 2.84. The SMILES string of the molecule is Cc1onc(C(=O)Cl)c1[N+](=O)[O-]. The van der Waals surface area contributed by atoms with Crippen molar-refractivity contribution in [1.29, 1.82) is 0 Å². The molecule has 6 nitrogen and oxygen atoms in total. The molecule has 1 heterocycles. The first-order chi connectivity index (χ1) is 5.54. The third-order valence-electron chi connectivity index (χ3n) is 1.20. The largest absolute Gasteiger partial charge is 0.353 e. The summed E-state index contributed by atoms with van der Waals surface area (Å²) in [4.78, 5) is 20.1. The molecule has 0 N–H and O–H groups in total. The van der Waals surface area contributed by atoms with Crippen LogP contribution >= 0.6 is 11.6 Å². The summed E-state index contributed by atoms with van der Waals surface area (Å²) in [7, 11) is 0. The van der Waals surface area contributed by atoms with Gasteiger partial charge in [0.15, 0.2) is 0 Å². The summed E-state index contributed by atoms with van der Waals surface area (Å²) < 4.78 is 4.42. The van der Waals surface area contributed by atoms with E-state index in [4.69, 9.17) is 11.6 Å². The summed E-state index contributed by atoms with van der Waals surface area (Å²) in [5.74, 6) is -0.0380. The molecule has 0 fully saturated rings. The lowest BCUT2D eigenvalue weighted by molar-refractivity contribution is -0.386. The second-order valence-corrected chi connectivity index (χ2v) is 2.31. The molecule has 0 aliphatic heterocycles. The van der Waals surface area contributed by atoms with Crippen molar-refractivity contribution in [3.63, 3.8) is 0 Å². The molecule has 0 unspecified atom stereocenters. The van der Waals surface area contributed by atoms with Gasteiger partial charge in [-0.05, 0) is 11.6 Å². The smallest absolute Gasteiger partial charge is 0.343 e. The fourth-order valence-electron chi connectivity index (χ4n) is 0.711. The molecule has 1 aromatic rings. The fraction of sp³-hybridized carbons (Fsp3) is 0.200. The number of nitrogens with zero attached hydrogens (tertiary/aromatic N) is 2. The maximum Gasteiger partial charge on any atom is 0.343 e. The van der Waals surface area contributed by atoms with Crippen molar-refractivity contribution >= 4 is 22.5 Å². The van der Waals surface area contributed by atoms with E-state index in [1.807, 2.05) is 0 Å². The highest BCUT2D eigenvalue weighted by Gasteiger charge is 2.27. The molecule has 0 radical (unpaired) electrons. The third kappa shape index (κ3) is 1.28. The third-order valence-corrected chi connectivity index (χ3v) is 1.38. The second kappa shape index (κ2) is 2.90. The Labute approximate surface area is 71.2 Å². The van der Waals surface area contributed by atoms with Crippen LogP contribution in [0.1, 0.15) is 16.2 Å². The average Bonchev–Trinajstić information content (AvgIpc) is 2.30. The van der Waals surface area contributed by atoms with Crippen LogP contribution in [0.25, 0.3) is 0 Å². The van der Waals surface area contributed by atoms with E-state index in [9.17, 15) is 14.9 Å². The van der Waals surface area contributed by atoms with Gasteiger partial charge in [0.25, 0.3) is 5.24 Å². The minimum atomic E-state index is -1.00. The Morgan fingerprint density at radius 1 is 1.75 bits per heavy atom. The van der Waals surface area contributed by atoms with E-state index in [1.54, 1.807) is 0 Å². The van der Waals surface area contributed by atoms with Gasteiger partial charge in [0.1, 0.15) is 0 Å². The number of hydrogen-bond acceptors (Lipinski definition) is 5. The summed E-state index contributed by atoms with van der Waals surface area (Å²) in [6, 6.07) is 0. The molecular formula is C5H3ClN2O4. The Kier molecular flexibility index (Phi) is 2.09. The molecule has 0 atom stereocenters. The van der Waals surface area contributed by atoms with Crippen LogP contribution in [-0.4, -0.2) is 15.3 Å². The zero-order valence-electron chi connectivity index (χ0n) is 5.91. The van der Waals surface area contributed by atoms with Crippen LogP contribution in [0.5, 0.6) is 0 Å². The van der Waals surface area contributed by atoms with Crippen molar-refractivity contribution in [1.82, 2.24) is 5.16 Å². The van der Waals surface area contributed by atoms with Crippen molar-refractivity contribution in [2.24, 2.45) is 0 Å². The Balaban J connectivity index is 3.31. The Morgan fingerprint density at radius 3 is 2.67 bits per heavy atom. The number of halogens is 1. The van der Waals surface area contributed by atoms with E-state index >= 15 is 0 Å². The van der Waals surface area contributed by atoms with Gasteiger partial charge < -0.3 is 4.52 Å². The van der Waals surface area contributed by atoms with E-state index in [0.29, 0.717) is 0 Å². The van der Waals surface area contributed by atoms with Crippen LogP contribution in [-0.2, 0) is 0 Å². The van der Waals surface area contributed by atoms with Gasteiger partial charge in [0, 0.05) is 6.92 Å². The molecule has 0 aliphatic carbocycles. The number of hydrogen-bond donors (Lipinski definition) is 0. The zero-order chi connectivity index (χ0) is 9.30. The van der Waals surface area contributed by atoms with Crippen LogP contribution in [0.3, 0.4) is 0 Å². The minimum Gasteiger partial charge on any atom is -0.353 e. The van der Waals surface area contributed by atoms with Crippen molar-refractivity contribution in [2.75, 3.05) is 0 Å². The van der Waals surface area contributed by atoms with Crippen molar-refractivity contribution in [2.45, 2.75) is 6.92 Å². The summed E-state index contributed by atoms with van der Waals surface area (Å²) in [6.45, 7) is 1.33. The molecule has 0 aliphatic rings. The second-order valence-electron chi connectivity index (χ2n) is 1.97. The van der Waals surface area contributed by atoms with Gasteiger partial charge in [0.05, 0.1) is 4.92 Å². The molecular weight excluding hydrogens is 188 g/mol. The maximum absolute atomic E-state index is 10.5. The first kappa shape index (κ1) is 8.66. The molecule has 12 heavy (non-hydrogen) atoms. The predicted octanol–water partition coefficient (Wildman–Crippen LogP) is 1.27. The van der Waals surface area contributed by atoms with Crippen LogP contribution in [0.15, 0.2) is 4.52 Å². The predicted molar refractivity (Wildman–Crippen MR) is 38.1 cm³/mol. The van der Waals surface area contributed by atoms with Crippen molar-refractivity contribution in [3.8, 4) is 0 Å². The van der Waals surface area contributed by atoms with Gasteiger partial charge in [-0.25, -0.2) is 0 Å². The topological polar surface area (TPSA) is 86.2 Å². The Bertz CT molecular complexity index is 345. The van der Waals surface area contributed by atoms with Gasteiger partial charge in [-0.3, -0.25) is 14.9 Å². The average molecular weight is 191 g/mol. The van der Waals surface area contributed by atoms with Gasteiger partial charge >= 0.3 is 5.69 Å². The lowest BCUT2D eigenvalue weighted by atomic mass is 10.3. The molecule has 0 saturated carbocycles. The molecule has 0 aromatic carbocycles. The fourth-order valence-corrected chi connectivity index (χ4v) is 0.835. The zero-order valence-corrected chi connectivity index (χ0v) is 6.66. The monoisotopic (exact) mass is 190 g/mol. The quantitative estimate of drug-likeness (QED) is 0.398. The summed E-state index contributed by atoms with van der Waals surface area (Å²) in [5.41, 5.74) is -0.936. The Morgan fingerprint density at radius 2 is 2.33 bits per heavy atom. The van der Waals surface area contributed by atoms with E-state index in [0.717, 1.165) is 0 Å². The van der Waals surface area contributed by atoms with E-state index in [-0.39, 0.29) is 5.76 Å². The first-order valence-corrected chi connectivity index (χ1v) is 3.22. The Hall–Kier alpha value is -1.43. The number of nitro groups is 1. The molecule has 0 spiro atoms. The standard InChI is InChI=1S/C5H3ClN2O4/c1-2-4(8(10)11)3(5(6)9)7-12-2/h1H3. The molecule has 1 rings (SSSR count). The number of aromatic nitrogens is 1. The van der Waals surface area contributed by atoms with Crippen LogP contribution < -0.4 is 0 Å². The minimum absolute atomic E-state index is 0.0380. The molecule has 7 heteroatoms. The van der Waals surface area contributed by atoms with E-state index in [2.05, 4.69) is 9.68 Å². The number of carbonyl (C=O) groups excluding carboxylic acids is 1. The molecule has 0 saturated heterocycles. The molecule has 1 aromatic heterocycles. The highest BCUT2D eigenvalue weighted by Crippen LogP contribution is 2.23. The highest BCUT2D eigenvalue weighted by molar-refractivity contribution is 6.67. The van der Waals surface area contributed by atoms with Gasteiger partial charge in [-0.1, -0.05) is 5.16 Å². The lowest BCUT2D eigenvalue weighted by Crippen LogP contribution is -1.97. The van der Waals surface area contributed by atoms with Crippen LogP contribution in [0, 0.1) is 17.0 Å². The maximum atomic E-state index is 10.5. The number of rotatable bonds is 2. The lowest BCUT2D eigenvalue weighted by Gasteiger charge is -1.85. The summed E-state index contributed by atoms with van der Waals surface area (Å²) in [6.07, 6.45) is 0. The van der Waals surface area contributed by atoms with Crippen molar-refractivity contribution < 1.29 is 14.2 Å². The highest BCUT2D eigenvalue weighted by atomic mass is 35.5. The normalized spacial score (nSPS) is 9.83. The molecule has 0 bridgehead atoms. The van der Waals surface area contributed by atoms with E-state index in [1.165, 1.54) is 6.92 Å². The van der Waals surface area contributed by atoms with Gasteiger partial charge in [-0.2, -0.15) is 0 Å². The van der Waals surface area contributed by atoms with E-state index < -0.39 is 21.5 Å². The number of aryl methyl sites for hydroxylation is 1. The summed E-state index contributed by atoms with van der Waals surface area (Å²) >= 11 is 5.00. The molecule has 64 valence electrons.